The van der Waals surface area contributed by atoms with Crippen LogP contribution in [-0.2, 0) is 14.8 Å². The van der Waals surface area contributed by atoms with Crippen LogP contribution in [0.3, 0.4) is 0 Å². The van der Waals surface area contributed by atoms with Gasteiger partial charge in [0.15, 0.2) is 6.10 Å². The second kappa shape index (κ2) is 5.94. The number of nitrogens with one attached hydrogen (secondary N) is 1. The summed E-state index contributed by atoms with van der Waals surface area (Å²) in [6.07, 6.45) is -1.74. The summed E-state index contributed by atoms with van der Waals surface area (Å²) in [5.41, 5.74) is 0.809. The summed E-state index contributed by atoms with van der Waals surface area (Å²) < 4.78 is 25.8. The third-order valence-corrected chi connectivity index (χ3v) is 3.75. The Bertz CT molecular complexity index is 526. The number of carboxylic acid groups (broad SMARTS) is 1. The molecule has 0 aromatic heterocycles. The summed E-state index contributed by atoms with van der Waals surface area (Å²) in [6, 6.07) is 6.35. The van der Waals surface area contributed by atoms with Crippen molar-refractivity contribution in [1.29, 1.82) is 0 Å². The van der Waals surface area contributed by atoms with Crippen LogP contribution in [0, 0.1) is 6.92 Å². The highest BCUT2D eigenvalue weighted by molar-refractivity contribution is 7.89. The van der Waals surface area contributed by atoms with E-state index in [2.05, 4.69) is 4.72 Å². The first-order valence-corrected chi connectivity index (χ1v) is 6.78. The third-order valence-electron chi connectivity index (χ3n) is 2.29. The van der Waals surface area contributed by atoms with Gasteiger partial charge in [0, 0.05) is 6.54 Å². The molecule has 100 valence electrons. The second-order valence-electron chi connectivity index (χ2n) is 3.86. The van der Waals surface area contributed by atoms with Gasteiger partial charge >= 0.3 is 5.97 Å². The van der Waals surface area contributed by atoms with Crippen molar-refractivity contribution in [2.24, 2.45) is 0 Å². The fourth-order valence-electron chi connectivity index (χ4n) is 1.32. The molecule has 0 fully saturated rings. The van der Waals surface area contributed by atoms with Crippen molar-refractivity contribution in [2.75, 3.05) is 6.54 Å². The summed E-state index contributed by atoms with van der Waals surface area (Å²) in [6.45, 7) is 1.64. The molecule has 1 atom stereocenters. The van der Waals surface area contributed by atoms with Gasteiger partial charge in [-0.05, 0) is 31.0 Å². The van der Waals surface area contributed by atoms with Gasteiger partial charge in [-0.25, -0.2) is 17.9 Å². The Morgan fingerprint density at radius 1 is 1.44 bits per heavy atom. The third kappa shape index (κ3) is 4.10. The van der Waals surface area contributed by atoms with E-state index in [1.165, 1.54) is 12.1 Å². The lowest BCUT2D eigenvalue weighted by molar-refractivity contribution is -0.146. The molecule has 0 saturated heterocycles. The van der Waals surface area contributed by atoms with E-state index in [9.17, 15) is 13.2 Å². The Labute approximate surface area is 105 Å². The molecule has 18 heavy (non-hydrogen) atoms. The molecular formula is C11H15NO5S. The number of aryl methyl sites for hydroxylation is 1. The van der Waals surface area contributed by atoms with Gasteiger partial charge in [0.25, 0.3) is 0 Å². The van der Waals surface area contributed by atoms with Crippen molar-refractivity contribution >= 4 is 16.0 Å². The fourth-order valence-corrected chi connectivity index (χ4v) is 2.47. The number of hydrogen-bond acceptors (Lipinski definition) is 4. The van der Waals surface area contributed by atoms with Gasteiger partial charge in [0.2, 0.25) is 10.0 Å². The number of carbonyl (C=O) groups is 1. The number of sulfonamides is 1. The quantitative estimate of drug-likeness (QED) is 0.682. The van der Waals surface area contributed by atoms with Gasteiger partial charge in [0.1, 0.15) is 0 Å². The highest BCUT2D eigenvalue weighted by Crippen LogP contribution is 2.10. The van der Waals surface area contributed by atoms with Gasteiger partial charge in [-0.2, -0.15) is 0 Å². The molecule has 0 aliphatic carbocycles. The number of carboxylic acids is 1. The molecule has 0 spiro atoms. The van der Waals surface area contributed by atoms with Crippen molar-refractivity contribution in [3.05, 3.63) is 29.8 Å². The molecule has 0 bridgehead atoms. The average Bonchev–Trinajstić information content (AvgIpc) is 2.28. The minimum absolute atomic E-state index is 0.118. The molecule has 7 heteroatoms. The van der Waals surface area contributed by atoms with Crippen molar-refractivity contribution in [3.63, 3.8) is 0 Å². The van der Waals surface area contributed by atoms with E-state index in [1.807, 2.05) is 0 Å². The number of aliphatic hydroxyl groups is 1. The molecule has 0 aliphatic rings. The molecule has 0 aliphatic heterocycles. The molecule has 6 nitrogen and oxygen atoms in total. The standard InChI is InChI=1S/C11H15NO5S/c1-8-3-2-4-9(7-8)18(16,17)12-6-5-10(13)11(14)15/h2-4,7,10,12-13H,5-6H2,1H3,(H,14,15)/t10-/m0/s1. The lowest BCUT2D eigenvalue weighted by Gasteiger charge is -2.08. The Hall–Kier alpha value is -1.44. The second-order valence-corrected chi connectivity index (χ2v) is 5.62. The summed E-state index contributed by atoms with van der Waals surface area (Å²) in [5, 5.41) is 17.4. The van der Waals surface area contributed by atoms with Crippen LogP contribution in [0.5, 0.6) is 0 Å². The molecule has 0 amide bonds. The van der Waals surface area contributed by atoms with E-state index < -0.39 is 22.1 Å². The highest BCUT2D eigenvalue weighted by Gasteiger charge is 2.16. The molecule has 0 radical (unpaired) electrons. The molecule has 0 heterocycles. The van der Waals surface area contributed by atoms with Crippen LogP contribution < -0.4 is 4.72 Å². The Morgan fingerprint density at radius 3 is 2.67 bits per heavy atom. The lowest BCUT2D eigenvalue weighted by Crippen LogP contribution is -2.30. The summed E-state index contributed by atoms with van der Waals surface area (Å²) in [7, 11) is -3.66. The predicted molar refractivity (Wildman–Crippen MR) is 64.6 cm³/mol. The van der Waals surface area contributed by atoms with E-state index in [-0.39, 0.29) is 17.9 Å². The zero-order valence-electron chi connectivity index (χ0n) is 9.83. The largest absolute Gasteiger partial charge is 0.479 e. The van der Waals surface area contributed by atoms with Gasteiger partial charge in [-0.3, -0.25) is 0 Å². The monoisotopic (exact) mass is 273 g/mol. The number of hydrogen-bond donors (Lipinski definition) is 3. The van der Waals surface area contributed by atoms with E-state index in [0.717, 1.165) is 5.56 Å². The Morgan fingerprint density at radius 2 is 2.11 bits per heavy atom. The van der Waals surface area contributed by atoms with Gasteiger partial charge < -0.3 is 10.2 Å². The van der Waals surface area contributed by atoms with Crippen LogP contribution in [-0.4, -0.2) is 37.2 Å². The van der Waals surface area contributed by atoms with E-state index >= 15 is 0 Å². The first-order chi connectivity index (χ1) is 8.33. The first-order valence-electron chi connectivity index (χ1n) is 5.30. The van der Waals surface area contributed by atoms with Gasteiger partial charge in [0.05, 0.1) is 4.90 Å². The topological polar surface area (TPSA) is 104 Å². The van der Waals surface area contributed by atoms with Gasteiger partial charge in [-0.15, -0.1) is 0 Å². The van der Waals surface area contributed by atoms with Crippen LogP contribution >= 0.6 is 0 Å². The minimum Gasteiger partial charge on any atom is -0.479 e. The molecule has 0 unspecified atom stereocenters. The van der Waals surface area contributed by atoms with E-state index in [0.29, 0.717) is 0 Å². The summed E-state index contributed by atoms with van der Waals surface area (Å²) in [5.74, 6) is -1.37. The lowest BCUT2D eigenvalue weighted by atomic mass is 10.2. The van der Waals surface area contributed by atoms with Crippen LogP contribution in [0.1, 0.15) is 12.0 Å². The molecular weight excluding hydrogens is 258 g/mol. The van der Waals surface area contributed by atoms with Crippen molar-refractivity contribution < 1.29 is 23.4 Å². The molecule has 0 saturated carbocycles. The number of aliphatic carboxylic acids is 1. The zero-order chi connectivity index (χ0) is 13.8. The van der Waals surface area contributed by atoms with Crippen molar-refractivity contribution in [3.8, 4) is 0 Å². The fraction of sp³-hybridized carbons (Fsp3) is 0.364. The van der Waals surface area contributed by atoms with Crippen LogP contribution in [0.2, 0.25) is 0 Å². The van der Waals surface area contributed by atoms with E-state index in [4.69, 9.17) is 10.2 Å². The molecule has 1 aromatic rings. The average molecular weight is 273 g/mol. The molecule has 1 rings (SSSR count). The Balaban J connectivity index is 2.64. The SMILES string of the molecule is Cc1cccc(S(=O)(=O)NCC[C@H](O)C(=O)O)c1. The van der Waals surface area contributed by atoms with Crippen LogP contribution in [0.15, 0.2) is 29.2 Å². The van der Waals surface area contributed by atoms with Gasteiger partial charge in [-0.1, -0.05) is 12.1 Å². The summed E-state index contributed by atoms with van der Waals surface area (Å²) >= 11 is 0. The van der Waals surface area contributed by atoms with Crippen LogP contribution in [0.4, 0.5) is 0 Å². The van der Waals surface area contributed by atoms with Crippen LogP contribution in [0.25, 0.3) is 0 Å². The number of benzene rings is 1. The summed E-state index contributed by atoms with van der Waals surface area (Å²) in [4.78, 5) is 10.5. The minimum atomic E-state index is -3.66. The van der Waals surface area contributed by atoms with Crippen molar-refractivity contribution in [1.82, 2.24) is 4.72 Å². The first kappa shape index (κ1) is 14.6. The van der Waals surface area contributed by atoms with E-state index in [1.54, 1.807) is 19.1 Å². The number of aliphatic hydroxyl groups excluding tert-OH is 1. The predicted octanol–water partition coefficient (Wildman–Crippen LogP) is 0.109. The van der Waals surface area contributed by atoms with Crippen molar-refractivity contribution in [2.45, 2.75) is 24.3 Å². The Kier molecular flexibility index (Phi) is 4.83. The number of rotatable bonds is 6. The maximum absolute atomic E-state index is 11.8. The molecule has 3 N–H and O–H groups in total. The molecule has 1 aromatic carbocycles. The zero-order valence-corrected chi connectivity index (χ0v) is 10.6. The maximum atomic E-state index is 11.8. The highest BCUT2D eigenvalue weighted by atomic mass is 32.2. The maximum Gasteiger partial charge on any atom is 0.332 e. The smallest absolute Gasteiger partial charge is 0.332 e. The normalized spacial score (nSPS) is 13.2.